The van der Waals surface area contributed by atoms with E-state index in [1.54, 1.807) is 6.08 Å². The normalized spacial score (nSPS) is 13.5. The van der Waals surface area contributed by atoms with Crippen molar-refractivity contribution < 1.29 is 4.84 Å². The molecule has 0 amide bonds. The van der Waals surface area contributed by atoms with Crippen molar-refractivity contribution in [2.24, 2.45) is 5.16 Å². The largest absolute Gasteiger partial charge is 0.392 e. The van der Waals surface area contributed by atoms with Gasteiger partial charge in [0.2, 0.25) is 0 Å². The van der Waals surface area contributed by atoms with Crippen LogP contribution in [0.25, 0.3) is 0 Å². The summed E-state index contributed by atoms with van der Waals surface area (Å²) in [5.74, 6) is 0. The molecule has 158 valence electrons. The predicted octanol–water partition coefficient (Wildman–Crippen LogP) is 8.49. The molecule has 0 aliphatic heterocycles. The SMILES string of the molecule is C=CCON=C(C)CCC=C(C)CCC=C(C)CCC=C(C)CCC=C(C)C. The molecule has 2 heteroatoms. The van der Waals surface area contributed by atoms with E-state index in [-0.39, 0.29) is 0 Å². The van der Waals surface area contributed by atoms with E-state index in [1.165, 1.54) is 41.6 Å². The minimum atomic E-state index is 0.475. The summed E-state index contributed by atoms with van der Waals surface area (Å²) in [5.41, 5.74) is 6.92. The van der Waals surface area contributed by atoms with Crippen LogP contribution < -0.4 is 0 Å². The Labute approximate surface area is 174 Å². The van der Waals surface area contributed by atoms with Crippen molar-refractivity contribution in [3.63, 3.8) is 0 Å². The topological polar surface area (TPSA) is 21.6 Å². The molecule has 0 aromatic carbocycles. The molecule has 0 unspecified atom stereocenters. The van der Waals surface area contributed by atoms with Crippen LogP contribution in [-0.2, 0) is 4.84 Å². The standard InChI is InChI=1S/C26H43NO/c1-8-21-28-27-26(7)20-12-19-25(6)18-11-17-24(5)16-10-15-23(4)14-9-13-22(2)3/h8,13,15,17,19H,1,9-12,14,16,18,20-21H2,2-7H3. The van der Waals surface area contributed by atoms with Gasteiger partial charge in [0.05, 0.1) is 5.71 Å². The van der Waals surface area contributed by atoms with Crippen LogP contribution in [0.3, 0.4) is 0 Å². The Balaban J connectivity index is 4.04. The third-order valence-corrected chi connectivity index (χ3v) is 4.57. The molecular weight excluding hydrogens is 342 g/mol. The maximum absolute atomic E-state index is 5.10. The molecule has 0 fully saturated rings. The molecule has 0 atom stereocenters. The van der Waals surface area contributed by atoms with Crippen LogP contribution in [-0.4, -0.2) is 12.3 Å². The van der Waals surface area contributed by atoms with E-state index in [9.17, 15) is 0 Å². The lowest BCUT2D eigenvalue weighted by Gasteiger charge is -2.03. The van der Waals surface area contributed by atoms with Crippen LogP contribution in [0.1, 0.15) is 92.9 Å². The third-order valence-electron chi connectivity index (χ3n) is 4.57. The second-order valence-electron chi connectivity index (χ2n) is 8.00. The molecule has 0 radical (unpaired) electrons. The zero-order valence-electron chi connectivity index (χ0n) is 19.3. The van der Waals surface area contributed by atoms with Crippen LogP contribution in [0, 0.1) is 0 Å². The average Bonchev–Trinajstić information content (AvgIpc) is 2.61. The van der Waals surface area contributed by atoms with E-state index >= 15 is 0 Å². The Morgan fingerprint density at radius 3 is 1.54 bits per heavy atom. The lowest BCUT2D eigenvalue weighted by atomic mass is 10.0. The molecule has 0 aromatic heterocycles. The molecule has 0 aromatic rings. The zero-order chi connectivity index (χ0) is 21.2. The number of allylic oxidation sites excluding steroid dienone is 8. The predicted molar refractivity (Wildman–Crippen MR) is 127 cm³/mol. The zero-order valence-corrected chi connectivity index (χ0v) is 19.3. The van der Waals surface area contributed by atoms with Crippen molar-refractivity contribution in [1.29, 1.82) is 0 Å². The quantitative estimate of drug-likeness (QED) is 0.120. The Morgan fingerprint density at radius 1 is 0.679 bits per heavy atom. The molecule has 0 bridgehead atoms. The molecule has 0 saturated heterocycles. The van der Waals surface area contributed by atoms with Crippen LogP contribution in [0.4, 0.5) is 0 Å². The summed E-state index contributed by atoms with van der Waals surface area (Å²) in [6, 6.07) is 0. The number of hydrogen-bond donors (Lipinski definition) is 0. The van der Waals surface area contributed by atoms with Gasteiger partial charge in [0.25, 0.3) is 0 Å². The summed E-state index contributed by atoms with van der Waals surface area (Å²) >= 11 is 0. The van der Waals surface area contributed by atoms with E-state index in [0.29, 0.717) is 6.61 Å². The van der Waals surface area contributed by atoms with Crippen molar-refractivity contribution in [1.82, 2.24) is 0 Å². The number of rotatable bonds is 15. The fourth-order valence-corrected chi connectivity index (χ4v) is 2.76. The molecule has 0 heterocycles. The summed E-state index contributed by atoms with van der Waals surface area (Å²) < 4.78 is 0. The van der Waals surface area contributed by atoms with Crippen molar-refractivity contribution in [2.75, 3.05) is 6.61 Å². The maximum atomic E-state index is 5.10. The Kier molecular flexibility index (Phi) is 16.2. The smallest absolute Gasteiger partial charge is 0.135 e. The lowest BCUT2D eigenvalue weighted by molar-refractivity contribution is 0.174. The fourth-order valence-electron chi connectivity index (χ4n) is 2.76. The van der Waals surface area contributed by atoms with Gasteiger partial charge >= 0.3 is 0 Å². The summed E-state index contributed by atoms with van der Waals surface area (Å²) in [6.45, 7) is 17.2. The molecule has 2 nitrogen and oxygen atoms in total. The molecular formula is C26H43NO. The van der Waals surface area contributed by atoms with Crippen molar-refractivity contribution >= 4 is 5.71 Å². The monoisotopic (exact) mass is 385 g/mol. The van der Waals surface area contributed by atoms with Gasteiger partial charge in [-0.05, 0) is 92.9 Å². The molecule has 0 aliphatic rings. The van der Waals surface area contributed by atoms with E-state index in [2.05, 4.69) is 70.7 Å². The van der Waals surface area contributed by atoms with Crippen molar-refractivity contribution in [3.8, 4) is 0 Å². The van der Waals surface area contributed by atoms with E-state index in [0.717, 1.165) is 37.8 Å². The molecule has 0 saturated carbocycles. The number of hydrogen-bond acceptors (Lipinski definition) is 2. The first-order valence-corrected chi connectivity index (χ1v) is 10.7. The van der Waals surface area contributed by atoms with Gasteiger partial charge in [-0.15, -0.1) is 0 Å². The number of oxime groups is 1. The average molecular weight is 386 g/mol. The van der Waals surface area contributed by atoms with Gasteiger partial charge in [-0.2, -0.15) is 0 Å². The second kappa shape index (κ2) is 17.3. The molecule has 0 aliphatic carbocycles. The fraction of sp³-hybridized carbons (Fsp3) is 0.577. The highest BCUT2D eigenvalue weighted by atomic mass is 16.6. The Bertz CT molecular complexity index is 584. The van der Waals surface area contributed by atoms with Gasteiger partial charge < -0.3 is 4.84 Å². The highest BCUT2D eigenvalue weighted by Crippen LogP contribution is 2.14. The van der Waals surface area contributed by atoms with Gasteiger partial charge in [-0.25, -0.2) is 0 Å². The molecule has 0 N–H and O–H groups in total. The third kappa shape index (κ3) is 17.6. The van der Waals surface area contributed by atoms with Gasteiger partial charge in [-0.1, -0.05) is 64.4 Å². The minimum Gasteiger partial charge on any atom is -0.392 e. The summed E-state index contributed by atoms with van der Waals surface area (Å²) in [6.07, 6.45) is 20.1. The maximum Gasteiger partial charge on any atom is 0.135 e. The molecule has 0 spiro atoms. The van der Waals surface area contributed by atoms with Gasteiger partial charge in [-0.3, -0.25) is 0 Å². The van der Waals surface area contributed by atoms with E-state index < -0.39 is 0 Å². The van der Waals surface area contributed by atoms with Crippen LogP contribution >= 0.6 is 0 Å². The Morgan fingerprint density at radius 2 is 1.11 bits per heavy atom. The van der Waals surface area contributed by atoms with E-state index in [4.69, 9.17) is 4.84 Å². The van der Waals surface area contributed by atoms with Crippen molar-refractivity contribution in [2.45, 2.75) is 92.9 Å². The summed E-state index contributed by atoms with van der Waals surface area (Å²) in [4.78, 5) is 5.10. The first-order chi connectivity index (χ1) is 13.3. The van der Waals surface area contributed by atoms with Crippen molar-refractivity contribution in [3.05, 3.63) is 59.3 Å². The summed E-state index contributed by atoms with van der Waals surface area (Å²) in [7, 11) is 0. The van der Waals surface area contributed by atoms with Crippen LogP contribution in [0.15, 0.2) is 64.4 Å². The minimum absolute atomic E-state index is 0.475. The van der Waals surface area contributed by atoms with Crippen LogP contribution in [0.2, 0.25) is 0 Å². The van der Waals surface area contributed by atoms with Gasteiger partial charge in [0.15, 0.2) is 0 Å². The first kappa shape index (κ1) is 26.2. The Hall–Kier alpha value is -1.83. The van der Waals surface area contributed by atoms with Gasteiger partial charge in [0, 0.05) is 0 Å². The first-order valence-electron chi connectivity index (χ1n) is 10.7. The van der Waals surface area contributed by atoms with Gasteiger partial charge in [0.1, 0.15) is 6.61 Å². The number of nitrogens with zero attached hydrogens (tertiary/aromatic N) is 1. The molecule has 0 rings (SSSR count). The summed E-state index contributed by atoms with van der Waals surface area (Å²) in [5, 5.41) is 4.06. The highest BCUT2D eigenvalue weighted by molar-refractivity contribution is 5.81. The highest BCUT2D eigenvalue weighted by Gasteiger charge is 1.95. The van der Waals surface area contributed by atoms with Crippen LogP contribution in [0.5, 0.6) is 0 Å². The lowest BCUT2D eigenvalue weighted by Crippen LogP contribution is -1.93. The second-order valence-corrected chi connectivity index (χ2v) is 8.00. The molecule has 28 heavy (non-hydrogen) atoms. The van der Waals surface area contributed by atoms with E-state index in [1.807, 2.05) is 6.92 Å².